The lowest BCUT2D eigenvalue weighted by atomic mass is 9.77. The van der Waals surface area contributed by atoms with Crippen molar-refractivity contribution < 1.29 is 19.5 Å². The van der Waals surface area contributed by atoms with Gasteiger partial charge in [-0.15, -0.1) is 0 Å². The van der Waals surface area contributed by atoms with Gasteiger partial charge in [0.25, 0.3) is 5.91 Å². The molecule has 0 saturated carbocycles. The lowest BCUT2D eigenvalue weighted by Crippen LogP contribution is -2.48. The van der Waals surface area contributed by atoms with Crippen molar-refractivity contribution >= 4 is 29.8 Å². The lowest BCUT2D eigenvalue weighted by Gasteiger charge is -2.37. The van der Waals surface area contributed by atoms with Gasteiger partial charge in [0.2, 0.25) is 5.91 Å². The molecule has 0 saturated heterocycles. The van der Waals surface area contributed by atoms with Crippen LogP contribution in [0.4, 0.5) is 5.69 Å². The number of carbonyl (C=O) groups excluding carboxylic acids is 2. The number of rotatable bonds is 12. The summed E-state index contributed by atoms with van der Waals surface area (Å²) in [6.07, 6.45) is 1.32. The minimum atomic E-state index is -1.28. The highest BCUT2D eigenvalue weighted by molar-refractivity contribution is 6.01. The van der Waals surface area contributed by atoms with Crippen molar-refractivity contribution in [3.63, 3.8) is 0 Å². The van der Waals surface area contributed by atoms with E-state index >= 15 is 0 Å². The fraction of sp³-hybridized carbons (Fsp3) is 0.176. The van der Waals surface area contributed by atoms with Crippen molar-refractivity contribution in [3.8, 4) is 0 Å². The molecular formula is C34H34N4O4. The van der Waals surface area contributed by atoms with Crippen molar-refractivity contribution in [1.82, 2.24) is 15.5 Å². The normalized spacial score (nSPS) is 12.0. The smallest absolute Gasteiger partial charge is 0.326 e. The summed E-state index contributed by atoms with van der Waals surface area (Å²) in [5, 5.41) is 15.7. The average molecular weight is 563 g/mol. The van der Waals surface area contributed by atoms with Gasteiger partial charge in [0.15, 0.2) is 0 Å². The maximum Gasteiger partial charge on any atom is 0.326 e. The third-order valence-corrected chi connectivity index (χ3v) is 6.79. The topological polar surface area (TPSA) is 111 Å². The largest absolute Gasteiger partial charge is 0.480 e. The number of para-hydroxylation sites is 1. The maximum absolute atomic E-state index is 13.6. The van der Waals surface area contributed by atoms with Crippen LogP contribution in [-0.4, -0.2) is 54.3 Å². The van der Waals surface area contributed by atoms with Gasteiger partial charge in [0.05, 0.1) is 17.6 Å². The molecule has 42 heavy (non-hydrogen) atoms. The van der Waals surface area contributed by atoms with Gasteiger partial charge in [0.1, 0.15) is 11.6 Å². The van der Waals surface area contributed by atoms with E-state index in [1.54, 1.807) is 49.6 Å². The van der Waals surface area contributed by atoms with E-state index in [4.69, 9.17) is 0 Å². The first-order valence-electron chi connectivity index (χ1n) is 13.6. The zero-order valence-corrected chi connectivity index (χ0v) is 23.6. The number of aliphatic imine (C=N–C) groups is 1. The number of nitrogens with zero attached hydrogens (tertiary/aromatic N) is 2. The molecule has 0 heterocycles. The molecule has 0 bridgehead atoms. The van der Waals surface area contributed by atoms with Crippen LogP contribution in [0.2, 0.25) is 0 Å². The van der Waals surface area contributed by atoms with E-state index in [-0.39, 0.29) is 24.3 Å². The highest BCUT2D eigenvalue weighted by atomic mass is 16.4. The highest BCUT2D eigenvalue weighted by Gasteiger charge is 2.38. The number of carboxylic acids is 1. The molecule has 214 valence electrons. The monoisotopic (exact) mass is 562 g/mol. The number of carboxylic acid groups (broad SMARTS) is 1. The van der Waals surface area contributed by atoms with Crippen molar-refractivity contribution in [2.24, 2.45) is 4.99 Å². The summed E-state index contributed by atoms with van der Waals surface area (Å²) in [6, 6.07) is 34.4. The van der Waals surface area contributed by atoms with E-state index < -0.39 is 23.5 Å². The number of amides is 2. The van der Waals surface area contributed by atoms with E-state index in [1.165, 1.54) is 0 Å². The van der Waals surface area contributed by atoms with E-state index in [0.717, 1.165) is 16.7 Å². The van der Waals surface area contributed by atoms with Crippen molar-refractivity contribution in [1.29, 1.82) is 0 Å². The second-order valence-corrected chi connectivity index (χ2v) is 10.0. The minimum Gasteiger partial charge on any atom is -0.480 e. The molecule has 2 amide bonds. The lowest BCUT2D eigenvalue weighted by molar-refractivity contribution is -0.139. The zero-order chi connectivity index (χ0) is 30.0. The van der Waals surface area contributed by atoms with Crippen LogP contribution in [0.15, 0.2) is 120 Å². The predicted octanol–water partition coefficient (Wildman–Crippen LogP) is 4.98. The molecule has 3 N–H and O–H groups in total. The summed E-state index contributed by atoms with van der Waals surface area (Å²) in [4.78, 5) is 44.9. The second kappa shape index (κ2) is 13.9. The highest BCUT2D eigenvalue weighted by Crippen LogP contribution is 2.37. The first-order chi connectivity index (χ1) is 20.3. The molecule has 1 atom stereocenters. The summed E-state index contributed by atoms with van der Waals surface area (Å²) in [5.74, 6) is -2.17. The molecule has 0 spiro atoms. The van der Waals surface area contributed by atoms with Crippen LogP contribution in [-0.2, 0) is 15.1 Å². The van der Waals surface area contributed by atoms with Gasteiger partial charge >= 0.3 is 5.97 Å². The standard InChI is InChI=1S/C34H34N4O4/c1-38(2)24-35-29-21-13-12-20-28(29)32(40)36-30(33(41)42)22-23-31(39)37-34(25-14-6-3-7-15-25,26-16-8-4-9-17-26)27-18-10-5-11-19-27/h3-21,24,30H,22-23H2,1-2H3,(H,36,40)(H,37,39)(H,41,42)/t30-/m0/s1. The molecule has 8 heteroatoms. The fourth-order valence-electron chi connectivity index (χ4n) is 4.78. The molecular weight excluding hydrogens is 528 g/mol. The molecule has 4 aromatic carbocycles. The summed E-state index contributed by atoms with van der Waals surface area (Å²) in [7, 11) is 3.61. The van der Waals surface area contributed by atoms with Crippen LogP contribution in [0, 0.1) is 0 Å². The first kappa shape index (κ1) is 29.7. The van der Waals surface area contributed by atoms with E-state index in [0.29, 0.717) is 5.69 Å². The number of hydrogen-bond donors (Lipinski definition) is 3. The summed E-state index contributed by atoms with van der Waals surface area (Å²) in [6.45, 7) is 0. The van der Waals surface area contributed by atoms with Gasteiger partial charge in [0, 0.05) is 20.5 Å². The molecule has 0 aromatic heterocycles. The fourth-order valence-corrected chi connectivity index (χ4v) is 4.78. The number of carbonyl (C=O) groups is 3. The van der Waals surface area contributed by atoms with Crippen LogP contribution in [0.25, 0.3) is 0 Å². The van der Waals surface area contributed by atoms with Crippen LogP contribution < -0.4 is 10.6 Å². The van der Waals surface area contributed by atoms with Gasteiger partial charge in [-0.3, -0.25) is 9.59 Å². The quantitative estimate of drug-likeness (QED) is 0.128. The number of benzene rings is 4. The SMILES string of the molecule is CN(C)C=Nc1ccccc1C(=O)N[C@@H](CCC(=O)NC(c1ccccc1)(c1ccccc1)c1ccccc1)C(=O)O. The zero-order valence-electron chi connectivity index (χ0n) is 23.6. The molecule has 0 fully saturated rings. The van der Waals surface area contributed by atoms with Crippen molar-refractivity contribution in [3.05, 3.63) is 138 Å². The Morgan fingerprint density at radius 3 is 1.74 bits per heavy atom. The predicted molar refractivity (Wildman–Crippen MR) is 164 cm³/mol. The molecule has 8 nitrogen and oxygen atoms in total. The van der Waals surface area contributed by atoms with Crippen LogP contribution in [0.3, 0.4) is 0 Å². The van der Waals surface area contributed by atoms with Gasteiger partial charge < -0.3 is 20.6 Å². The Bertz CT molecular complexity index is 1430. The van der Waals surface area contributed by atoms with Gasteiger partial charge in [-0.05, 0) is 35.2 Å². The van der Waals surface area contributed by atoms with Crippen LogP contribution >= 0.6 is 0 Å². The molecule has 4 aromatic rings. The Morgan fingerprint density at radius 2 is 1.26 bits per heavy atom. The van der Waals surface area contributed by atoms with Gasteiger partial charge in [-0.1, -0.05) is 103 Å². The molecule has 4 rings (SSSR count). The van der Waals surface area contributed by atoms with Crippen molar-refractivity contribution in [2.45, 2.75) is 24.4 Å². The Labute approximate surface area is 245 Å². The Hall–Kier alpha value is -5.24. The van der Waals surface area contributed by atoms with Gasteiger partial charge in [-0.2, -0.15) is 0 Å². The average Bonchev–Trinajstić information content (AvgIpc) is 3.02. The van der Waals surface area contributed by atoms with E-state index in [9.17, 15) is 19.5 Å². The third kappa shape index (κ3) is 7.09. The van der Waals surface area contributed by atoms with Crippen LogP contribution in [0.5, 0.6) is 0 Å². The summed E-state index contributed by atoms with van der Waals surface area (Å²) in [5.41, 5.74) is 2.19. The molecule has 0 aliphatic heterocycles. The van der Waals surface area contributed by atoms with E-state index in [1.807, 2.05) is 91.0 Å². The maximum atomic E-state index is 13.6. The summed E-state index contributed by atoms with van der Waals surface area (Å²) >= 11 is 0. The second-order valence-electron chi connectivity index (χ2n) is 10.0. The minimum absolute atomic E-state index is 0.107. The van der Waals surface area contributed by atoms with Crippen molar-refractivity contribution in [2.75, 3.05) is 14.1 Å². The molecule has 0 radical (unpaired) electrons. The molecule has 0 aliphatic rings. The Morgan fingerprint density at radius 1 is 0.786 bits per heavy atom. The third-order valence-electron chi connectivity index (χ3n) is 6.79. The molecule has 0 unspecified atom stereocenters. The molecule has 0 aliphatic carbocycles. The van der Waals surface area contributed by atoms with Crippen LogP contribution in [0.1, 0.15) is 39.9 Å². The Balaban J connectivity index is 1.58. The number of hydrogen-bond acceptors (Lipinski definition) is 4. The summed E-state index contributed by atoms with van der Waals surface area (Å²) < 4.78 is 0. The Kier molecular flexibility index (Phi) is 9.84. The van der Waals surface area contributed by atoms with E-state index in [2.05, 4.69) is 15.6 Å². The first-order valence-corrected chi connectivity index (χ1v) is 13.6. The number of nitrogens with one attached hydrogen (secondary N) is 2. The van der Waals surface area contributed by atoms with Gasteiger partial charge in [-0.25, -0.2) is 9.79 Å². The number of aliphatic carboxylic acids is 1.